The minimum atomic E-state index is 0.644. The summed E-state index contributed by atoms with van der Waals surface area (Å²) < 4.78 is 0. The van der Waals surface area contributed by atoms with Crippen LogP contribution in [0.3, 0.4) is 0 Å². The maximum atomic E-state index is 3.55. The van der Waals surface area contributed by atoms with Crippen molar-refractivity contribution in [2.75, 3.05) is 5.33 Å². The van der Waals surface area contributed by atoms with Gasteiger partial charge in [0.25, 0.3) is 0 Å². The van der Waals surface area contributed by atoms with Crippen LogP contribution >= 0.6 is 15.9 Å². The van der Waals surface area contributed by atoms with E-state index in [4.69, 9.17) is 0 Å². The van der Waals surface area contributed by atoms with Gasteiger partial charge in [0.2, 0.25) is 0 Å². The normalized spacial score (nSPS) is 15.7. The van der Waals surface area contributed by atoms with Crippen molar-refractivity contribution in [3.05, 3.63) is 103 Å². The molecule has 0 nitrogen and oxygen atoms in total. The topological polar surface area (TPSA) is 0 Å². The highest BCUT2D eigenvalue weighted by Gasteiger charge is 2.19. The summed E-state index contributed by atoms with van der Waals surface area (Å²) in [6.45, 7) is 13.5. The first-order chi connectivity index (χ1) is 16.3. The van der Waals surface area contributed by atoms with Crippen LogP contribution in [0.1, 0.15) is 75.9 Å². The van der Waals surface area contributed by atoms with Crippen LogP contribution in [0.4, 0.5) is 0 Å². The highest BCUT2D eigenvalue weighted by molar-refractivity contribution is 9.09. The second-order valence-electron chi connectivity index (χ2n) is 10.5. The van der Waals surface area contributed by atoms with Crippen LogP contribution in [0.2, 0.25) is 0 Å². The molecule has 0 saturated carbocycles. The molecule has 2 aromatic carbocycles. The Kier molecular flexibility index (Phi) is 7.83. The van der Waals surface area contributed by atoms with E-state index >= 15 is 0 Å². The van der Waals surface area contributed by atoms with Gasteiger partial charge in [0.05, 0.1) is 0 Å². The summed E-state index contributed by atoms with van der Waals surface area (Å²) in [6.07, 6.45) is 19.6. The molecule has 5 rings (SSSR count). The van der Waals surface area contributed by atoms with Crippen molar-refractivity contribution in [3.63, 3.8) is 0 Å². The largest absolute Gasteiger partial charge is 0.0924 e. The molecule has 0 radical (unpaired) electrons. The monoisotopic (exact) mass is 514 g/mol. The number of halogens is 1. The number of hydrogen-bond donors (Lipinski definition) is 0. The summed E-state index contributed by atoms with van der Waals surface area (Å²) in [5, 5.41) is 1.06. The summed E-state index contributed by atoms with van der Waals surface area (Å²) in [5.41, 5.74) is 18.1. The van der Waals surface area contributed by atoms with Crippen LogP contribution in [-0.2, 0) is 25.7 Å². The molecule has 0 unspecified atom stereocenters. The smallest absolute Gasteiger partial charge is 0.00720 e. The molecule has 0 amide bonds. The number of alkyl halides is 1. The van der Waals surface area contributed by atoms with Crippen LogP contribution in [0.5, 0.6) is 0 Å². The van der Waals surface area contributed by atoms with Gasteiger partial charge in [-0.25, -0.2) is 0 Å². The Hall–Kier alpha value is -2.12. The molecule has 0 N–H and O–H groups in total. The fourth-order valence-electron chi connectivity index (χ4n) is 5.75. The first-order valence-corrected chi connectivity index (χ1v) is 13.9. The molecular formula is C33H39Br. The van der Waals surface area contributed by atoms with E-state index in [9.17, 15) is 0 Å². The van der Waals surface area contributed by atoms with Gasteiger partial charge >= 0.3 is 0 Å². The van der Waals surface area contributed by atoms with E-state index in [-0.39, 0.29) is 0 Å². The molecule has 178 valence electrons. The standard InChI is InChI=1S/C19H22.C14H17Br/c1-13-10-17-12-14(2)15(3)18(19(17)11-13)9-8-16-6-4-5-7-16;1-9-6-12-8-10(2)11(3)13(4-5-15)14(12)7-9/h4-7,10,12,16H,8-9,11H2,1-3H3;6,8H,4-5,7H2,1-3H3. The van der Waals surface area contributed by atoms with Gasteiger partial charge in [0.1, 0.15) is 0 Å². The van der Waals surface area contributed by atoms with Crippen molar-refractivity contribution < 1.29 is 0 Å². The Bertz CT molecular complexity index is 1200. The molecule has 34 heavy (non-hydrogen) atoms. The molecule has 0 saturated heterocycles. The van der Waals surface area contributed by atoms with Gasteiger partial charge in [-0.2, -0.15) is 0 Å². The molecule has 3 aliphatic carbocycles. The summed E-state index contributed by atoms with van der Waals surface area (Å²) in [4.78, 5) is 0. The Balaban J connectivity index is 0.000000166. The number of rotatable bonds is 5. The van der Waals surface area contributed by atoms with E-state index in [0.717, 1.165) is 24.6 Å². The maximum absolute atomic E-state index is 3.55. The third kappa shape index (κ3) is 5.25. The van der Waals surface area contributed by atoms with Crippen molar-refractivity contribution in [3.8, 4) is 0 Å². The number of aryl methyl sites for hydroxylation is 2. The average Bonchev–Trinajstić information content (AvgIpc) is 3.52. The Labute approximate surface area is 215 Å². The SMILES string of the molecule is CC1=Cc2cc(C)c(C)c(CCBr)c2C1.CC1=Cc2cc(C)c(C)c(CCC3C=CC=C3)c2C1. The Morgan fingerprint density at radius 2 is 1.18 bits per heavy atom. The van der Waals surface area contributed by atoms with Crippen molar-refractivity contribution in [2.45, 2.75) is 73.6 Å². The fraction of sp³-hybridized carbons (Fsp3) is 0.394. The summed E-state index contributed by atoms with van der Waals surface area (Å²) in [7, 11) is 0. The van der Waals surface area contributed by atoms with E-state index in [2.05, 4.69) is 106 Å². The summed E-state index contributed by atoms with van der Waals surface area (Å²) in [6, 6.07) is 4.69. The fourth-order valence-corrected chi connectivity index (χ4v) is 6.15. The Morgan fingerprint density at radius 1 is 0.706 bits per heavy atom. The van der Waals surface area contributed by atoms with Gasteiger partial charge in [0.15, 0.2) is 0 Å². The number of allylic oxidation sites excluding steroid dienone is 6. The average molecular weight is 516 g/mol. The molecule has 1 heteroatoms. The van der Waals surface area contributed by atoms with Gasteiger partial charge in [-0.3, -0.25) is 0 Å². The van der Waals surface area contributed by atoms with Gasteiger partial charge in [-0.1, -0.05) is 75.7 Å². The van der Waals surface area contributed by atoms with Gasteiger partial charge in [0, 0.05) is 5.33 Å². The van der Waals surface area contributed by atoms with E-state index in [0.29, 0.717) is 5.92 Å². The van der Waals surface area contributed by atoms with Crippen LogP contribution in [0.15, 0.2) is 47.6 Å². The van der Waals surface area contributed by atoms with Gasteiger partial charge in [-0.05, 0) is 135 Å². The number of benzene rings is 2. The lowest BCUT2D eigenvalue weighted by Gasteiger charge is -2.16. The molecular weight excluding hydrogens is 476 g/mol. The summed E-state index contributed by atoms with van der Waals surface area (Å²) >= 11 is 3.55. The zero-order valence-corrected chi connectivity index (χ0v) is 23.4. The molecule has 0 aliphatic heterocycles. The maximum Gasteiger partial charge on any atom is 0.00720 e. The lowest BCUT2D eigenvalue weighted by atomic mass is 9.89. The number of hydrogen-bond acceptors (Lipinski definition) is 0. The minimum Gasteiger partial charge on any atom is -0.0924 e. The second kappa shape index (κ2) is 10.6. The van der Waals surface area contributed by atoms with E-state index in [1.807, 2.05) is 0 Å². The third-order valence-electron chi connectivity index (χ3n) is 7.87. The van der Waals surface area contributed by atoms with Crippen LogP contribution in [0, 0.1) is 33.6 Å². The van der Waals surface area contributed by atoms with E-state index in [1.54, 1.807) is 22.3 Å². The highest BCUT2D eigenvalue weighted by atomic mass is 79.9. The highest BCUT2D eigenvalue weighted by Crippen LogP contribution is 2.34. The first kappa shape index (κ1) is 25.0. The predicted molar refractivity (Wildman–Crippen MR) is 154 cm³/mol. The van der Waals surface area contributed by atoms with Crippen molar-refractivity contribution >= 4 is 28.1 Å². The molecule has 0 atom stereocenters. The van der Waals surface area contributed by atoms with E-state index in [1.165, 1.54) is 57.4 Å². The number of fused-ring (bicyclic) bond motifs is 2. The molecule has 3 aliphatic rings. The molecule has 0 bridgehead atoms. The molecule has 0 aromatic heterocycles. The third-order valence-corrected chi connectivity index (χ3v) is 8.27. The molecule has 0 fully saturated rings. The molecule has 0 heterocycles. The van der Waals surface area contributed by atoms with Crippen LogP contribution < -0.4 is 0 Å². The predicted octanol–water partition coefficient (Wildman–Crippen LogP) is 9.14. The van der Waals surface area contributed by atoms with Crippen molar-refractivity contribution in [1.29, 1.82) is 0 Å². The molecule has 0 spiro atoms. The van der Waals surface area contributed by atoms with Crippen molar-refractivity contribution in [2.24, 2.45) is 5.92 Å². The first-order valence-electron chi connectivity index (χ1n) is 12.8. The lowest BCUT2D eigenvalue weighted by molar-refractivity contribution is 0.709. The van der Waals surface area contributed by atoms with Gasteiger partial charge in [-0.15, -0.1) is 0 Å². The van der Waals surface area contributed by atoms with Crippen LogP contribution in [-0.4, -0.2) is 5.33 Å². The van der Waals surface area contributed by atoms with Crippen molar-refractivity contribution in [1.82, 2.24) is 0 Å². The zero-order valence-electron chi connectivity index (χ0n) is 21.8. The Morgan fingerprint density at radius 3 is 1.65 bits per heavy atom. The van der Waals surface area contributed by atoms with E-state index < -0.39 is 0 Å². The summed E-state index contributed by atoms with van der Waals surface area (Å²) in [5.74, 6) is 0.644. The zero-order chi connectivity index (χ0) is 24.4. The quantitative estimate of drug-likeness (QED) is 0.348. The molecule has 2 aromatic rings. The van der Waals surface area contributed by atoms with Gasteiger partial charge < -0.3 is 0 Å². The lowest BCUT2D eigenvalue weighted by Crippen LogP contribution is -2.03. The van der Waals surface area contributed by atoms with Crippen LogP contribution in [0.25, 0.3) is 12.2 Å². The second-order valence-corrected chi connectivity index (χ2v) is 11.3. The minimum absolute atomic E-state index is 0.644.